The Labute approximate surface area is 207 Å². The molecular weight excluding hydrogens is 477 g/mol. The fourth-order valence-corrected chi connectivity index (χ4v) is 3.24. The average molecular weight is 500 g/mol. The third-order valence-electron chi connectivity index (χ3n) is 4.43. The van der Waals surface area contributed by atoms with Crippen molar-refractivity contribution in [3.8, 4) is 11.5 Å². The van der Waals surface area contributed by atoms with Gasteiger partial charge in [-0.3, -0.25) is 9.59 Å². The number of halogens is 2. The van der Waals surface area contributed by atoms with Crippen LogP contribution in [0.5, 0.6) is 11.5 Å². The Bertz CT molecular complexity index is 1150. The summed E-state index contributed by atoms with van der Waals surface area (Å²) in [6, 6.07) is 21.6. The van der Waals surface area contributed by atoms with Crippen molar-refractivity contribution >= 4 is 46.4 Å². The number of nitrogens with one attached hydrogen (secondary N) is 2. The summed E-state index contributed by atoms with van der Waals surface area (Å²) in [5, 5.41) is 7.47. The van der Waals surface area contributed by atoms with Crippen LogP contribution >= 0.6 is 23.2 Å². The van der Waals surface area contributed by atoms with Crippen LogP contribution in [-0.2, 0) is 16.2 Å². The van der Waals surface area contributed by atoms with Gasteiger partial charge >= 0.3 is 0 Å². The van der Waals surface area contributed by atoms with Crippen LogP contribution in [-0.4, -0.2) is 24.1 Å². The molecule has 0 aliphatic carbocycles. The van der Waals surface area contributed by atoms with Gasteiger partial charge in [-0.1, -0.05) is 53.5 Å². The van der Waals surface area contributed by atoms with Crippen molar-refractivity contribution in [1.82, 2.24) is 5.43 Å². The highest BCUT2D eigenvalue weighted by molar-refractivity contribution is 6.35. The second kappa shape index (κ2) is 12.6. The van der Waals surface area contributed by atoms with Crippen LogP contribution in [0.2, 0.25) is 10.0 Å². The molecule has 7 nitrogen and oxygen atoms in total. The average Bonchev–Trinajstić information content (AvgIpc) is 2.82. The Balaban J connectivity index is 1.39. The van der Waals surface area contributed by atoms with E-state index in [-0.39, 0.29) is 18.9 Å². The molecule has 9 heteroatoms. The fourth-order valence-electron chi connectivity index (χ4n) is 2.78. The van der Waals surface area contributed by atoms with E-state index in [0.717, 1.165) is 5.56 Å². The molecule has 0 aliphatic heterocycles. The van der Waals surface area contributed by atoms with Gasteiger partial charge in [0.1, 0.15) is 18.1 Å². The Morgan fingerprint density at radius 3 is 2.35 bits per heavy atom. The van der Waals surface area contributed by atoms with E-state index in [1.165, 1.54) is 6.07 Å². The number of hydrogen-bond acceptors (Lipinski definition) is 5. The zero-order valence-corrected chi connectivity index (χ0v) is 19.9. The summed E-state index contributed by atoms with van der Waals surface area (Å²) >= 11 is 11.8. The Morgan fingerprint density at radius 1 is 0.912 bits per heavy atom. The lowest BCUT2D eigenvalue weighted by Gasteiger charge is -2.09. The molecule has 0 spiro atoms. The number of rotatable bonds is 10. The quantitative estimate of drug-likeness (QED) is 0.285. The summed E-state index contributed by atoms with van der Waals surface area (Å²) in [7, 11) is 0. The number of ether oxygens (including phenoxy) is 2. The smallest absolute Gasteiger partial charge is 0.277 e. The highest BCUT2D eigenvalue weighted by Crippen LogP contribution is 2.27. The van der Waals surface area contributed by atoms with Gasteiger partial charge in [0.25, 0.3) is 5.91 Å². The molecule has 2 amide bonds. The molecule has 3 aromatic carbocycles. The number of hydrazone groups is 1. The molecular formula is C25H23Cl2N3O4. The first-order valence-electron chi connectivity index (χ1n) is 10.4. The normalized spacial score (nSPS) is 11.0. The molecule has 0 fully saturated rings. The van der Waals surface area contributed by atoms with Crippen molar-refractivity contribution in [2.24, 2.45) is 5.10 Å². The number of nitrogens with zero attached hydrogens (tertiary/aromatic N) is 1. The maximum Gasteiger partial charge on any atom is 0.277 e. The summed E-state index contributed by atoms with van der Waals surface area (Å²) < 4.78 is 11.1. The maximum atomic E-state index is 12.3. The highest BCUT2D eigenvalue weighted by Gasteiger charge is 2.08. The van der Waals surface area contributed by atoms with Crippen molar-refractivity contribution in [2.45, 2.75) is 20.0 Å². The molecule has 0 aliphatic rings. The second-order valence-electron chi connectivity index (χ2n) is 7.27. The minimum Gasteiger partial charge on any atom is -0.489 e. The lowest BCUT2D eigenvalue weighted by atomic mass is 10.2. The predicted molar refractivity (Wildman–Crippen MR) is 134 cm³/mol. The van der Waals surface area contributed by atoms with Crippen LogP contribution in [0.4, 0.5) is 5.69 Å². The molecule has 176 valence electrons. The highest BCUT2D eigenvalue weighted by atomic mass is 35.5. The minimum absolute atomic E-state index is 0.0103. The van der Waals surface area contributed by atoms with Crippen LogP contribution in [0.1, 0.15) is 18.9 Å². The van der Waals surface area contributed by atoms with Gasteiger partial charge in [-0.25, -0.2) is 5.43 Å². The zero-order valence-electron chi connectivity index (χ0n) is 18.4. The van der Waals surface area contributed by atoms with E-state index in [1.54, 1.807) is 43.3 Å². The van der Waals surface area contributed by atoms with Crippen molar-refractivity contribution < 1.29 is 19.1 Å². The largest absolute Gasteiger partial charge is 0.489 e. The molecule has 0 saturated heterocycles. The van der Waals surface area contributed by atoms with Gasteiger partial charge in [-0.15, -0.1) is 0 Å². The first-order chi connectivity index (χ1) is 16.4. The van der Waals surface area contributed by atoms with E-state index < -0.39 is 5.91 Å². The molecule has 0 heterocycles. The van der Waals surface area contributed by atoms with Crippen molar-refractivity contribution in [2.75, 3.05) is 11.9 Å². The van der Waals surface area contributed by atoms with E-state index in [2.05, 4.69) is 15.8 Å². The van der Waals surface area contributed by atoms with Crippen LogP contribution in [0.3, 0.4) is 0 Å². The lowest BCUT2D eigenvalue weighted by molar-refractivity contribution is -0.123. The van der Waals surface area contributed by atoms with Gasteiger partial charge in [-0.05, 0) is 55.0 Å². The van der Waals surface area contributed by atoms with Gasteiger partial charge in [0.15, 0.2) is 6.61 Å². The molecule has 0 unspecified atom stereocenters. The third-order valence-corrected chi connectivity index (χ3v) is 4.96. The zero-order chi connectivity index (χ0) is 24.3. The molecule has 3 aromatic rings. The van der Waals surface area contributed by atoms with E-state index in [4.69, 9.17) is 32.7 Å². The number of hydrogen-bond donors (Lipinski definition) is 2. The van der Waals surface area contributed by atoms with E-state index in [9.17, 15) is 9.59 Å². The number of carbonyl (C=O) groups is 2. The van der Waals surface area contributed by atoms with E-state index in [1.807, 2.05) is 30.3 Å². The first-order valence-corrected chi connectivity index (χ1v) is 11.1. The van der Waals surface area contributed by atoms with E-state index >= 15 is 0 Å². The molecule has 0 saturated carbocycles. The fraction of sp³-hybridized carbons (Fsp3) is 0.160. The van der Waals surface area contributed by atoms with Crippen molar-refractivity contribution in [3.63, 3.8) is 0 Å². The minimum atomic E-state index is -0.489. The van der Waals surface area contributed by atoms with Gasteiger partial charge in [0.2, 0.25) is 5.91 Å². The summed E-state index contributed by atoms with van der Waals surface area (Å²) in [6.45, 7) is 1.81. The number of amides is 2. The summed E-state index contributed by atoms with van der Waals surface area (Å²) in [4.78, 5) is 24.2. The van der Waals surface area contributed by atoms with Crippen LogP contribution in [0.15, 0.2) is 77.9 Å². The summed E-state index contributed by atoms with van der Waals surface area (Å²) in [6.07, 6.45) is 0.0103. The van der Waals surface area contributed by atoms with Crippen molar-refractivity contribution in [3.05, 3.63) is 88.4 Å². The van der Waals surface area contributed by atoms with Crippen LogP contribution < -0.4 is 20.2 Å². The molecule has 34 heavy (non-hydrogen) atoms. The topological polar surface area (TPSA) is 89.0 Å². The Kier molecular flexibility index (Phi) is 9.31. The molecule has 2 N–H and O–H groups in total. The maximum absolute atomic E-state index is 12.3. The Hall–Kier alpha value is -3.55. The first kappa shape index (κ1) is 25.1. The molecule has 0 bridgehead atoms. The van der Waals surface area contributed by atoms with Gasteiger partial charge in [-0.2, -0.15) is 5.10 Å². The summed E-state index contributed by atoms with van der Waals surface area (Å²) in [5.74, 6) is 0.275. The standard InChI is InChI=1S/C25H23Cl2N3O4/c1-17(29-30-25(32)16-34-23-12-7-19(26)14-22(23)27)13-24(31)28-20-8-10-21(11-9-20)33-15-18-5-3-2-4-6-18/h2-12,14H,13,15-16H2,1H3,(H,28,31)(H,30,32). The number of carbonyl (C=O) groups excluding carboxylic acids is 2. The monoisotopic (exact) mass is 499 g/mol. The van der Waals surface area contributed by atoms with Gasteiger partial charge in [0, 0.05) is 16.4 Å². The molecule has 3 rings (SSSR count). The summed E-state index contributed by atoms with van der Waals surface area (Å²) in [5.41, 5.74) is 4.47. The Morgan fingerprint density at radius 2 is 1.65 bits per heavy atom. The third kappa shape index (κ3) is 8.42. The molecule has 0 aromatic heterocycles. The second-order valence-corrected chi connectivity index (χ2v) is 8.11. The van der Waals surface area contributed by atoms with Gasteiger partial charge in [0.05, 0.1) is 11.4 Å². The predicted octanol–water partition coefficient (Wildman–Crippen LogP) is 5.47. The van der Waals surface area contributed by atoms with E-state index in [0.29, 0.717) is 39.6 Å². The number of anilines is 1. The van der Waals surface area contributed by atoms with Crippen LogP contribution in [0, 0.1) is 0 Å². The van der Waals surface area contributed by atoms with Crippen LogP contribution in [0.25, 0.3) is 0 Å². The number of benzene rings is 3. The lowest BCUT2D eigenvalue weighted by Crippen LogP contribution is -2.26. The SMILES string of the molecule is CC(CC(=O)Nc1ccc(OCc2ccccc2)cc1)=NNC(=O)COc1ccc(Cl)cc1Cl. The molecule has 0 atom stereocenters. The van der Waals surface area contributed by atoms with Gasteiger partial charge < -0.3 is 14.8 Å². The van der Waals surface area contributed by atoms with Crippen molar-refractivity contribution in [1.29, 1.82) is 0 Å². The molecule has 0 radical (unpaired) electrons.